The van der Waals surface area contributed by atoms with E-state index in [-0.39, 0.29) is 12.2 Å². The van der Waals surface area contributed by atoms with Gasteiger partial charge in [0.25, 0.3) is 0 Å². The number of alkyl halides is 3. The van der Waals surface area contributed by atoms with Gasteiger partial charge in [0.2, 0.25) is 0 Å². The lowest BCUT2D eigenvalue weighted by Gasteiger charge is -2.29. The Balaban J connectivity index is 2.46. The maximum absolute atomic E-state index is 12.7. The van der Waals surface area contributed by atoms with Gasteiger partial charge in [-0.25, -0.2) is 9.59 Å². The number of esters is 1. The van der Waals surface area contributed by atoms with Crippen molar-refractivity contribution in [3.63, 3.8) is 0 Å². The summed E-state index contributed by atoms with van der Waals surface area (Å²) in [5, 5.41) is 5.17. The number of nitrogens with one attached hydrogen (secondary N) is 2. The second-order valence-corrected chi connectivity index (χ2v) is 5.51. The van der Waals surface area contributed by atoms with Gasteiger partial charge in [0.05, 0.1) is 23.8 Å². The first-order chi connectivity index (χ1) is 11.8. The minimum absolute atomic E-state index is 0.148. The zero-order chi connectivity index (χ0) is 18.6. The Labute approximate surface area is 143 Å². The summed E-state index contributed by atoms with van der Waals surface area (Å²) in [4.78, 5) is 24.2. The Morgan fingerprint density at radius 1 is 1.20 bits per heavy atom. The first kappa shape index (κ1) is 18.8. The van der Waals surface area contributed by atoms with Gasteiger partial charge in [0, 0.05) is 5.70 Å². The summed E-state index contributed by atoms with van der Waals surface area (Å²) in [6, 6.07) is 2.97. The lowest BCUT2D eigenvalue weighted by Crippen LogP contribution is -2.46. The highest BCUT2D eigenvalue weighted by Crippen LogP contribution is 2.33. The molecule has 2 amide bonds. The number of amides is 2. The Morgan fingerprint density at radius 3 is 2.36 bits per heavy atom. The van der Waals surface area contributed by atoms with Gasteiger partial charge in [-0.3, -0.25) is 0 Å². The molecule has 0 saturated heterocycles. The van der Waals surface area contributed by atoms with Gasteiger partial charge in [-0.05, 0) is 31.0 Å². The monoisotopic (exact) mass is 356 g/mol. The number of halogens is 3. The predicted molar refractivity (Wildman–Crippen MR) is 84.4 cm³/mol. The van der Waals surface area contributed by atoms with Crippen LogP contribution in [0.2, 0.25) is 0 Å². The number of rotatable bonds is 5. The summed E-state index contributed by atoms with van der Waals surface area (Å²) in [6.07, 6.45) is -3.33. The zero-order valence-electron chi connectivity index (χ0n) is 13.9. The van der Waals surface area contributed by atoms with Crippen molar-refractivity contribution in [1.82, 2.24) is 10.6 Å². The molecule has 1 atom stereocenters. The van der Waals surface area contributed by atoms with E-state index in [0.717, 1.165) is 12.1 Å². The number of benzene rings is 1. The molecule has 0 aliphatic carbocycles. The van der Waals surface area contributed by atoms with Crippen LogP contribution in [0.1, 0.15) is 43.9 Å². The molecular formula is C17H19F3N2O3. The number of urea groups is 1. The van der Waals surface area contributed by atoms with Crippen molar-refractivity contribution in [1.29, 1.82) is 0 Å². The molecule has 0 bridgehead atoms. The van der Waals surface area contributed by atoms with E-state index in [0.29, 0.717) is 24.1 Å². The minimum atomic E-state index is -4.46. The highest BCUT2D eigenvalue weighted by atomic mass is 19.4. The van der Waals surface area contributed by atoms with Crippen molar-refractivity contribution < 1.29 is 27.5 Å². The highest BCUT2D eigenvalue weighted by molar-refractivity contribution is 5.95. The van der Waals surface area contributed by atoms with Crippen LogP contribution in [0.25, 0.3) is 0 Å². The standard InChI is InChI=1S/C17H19F3N2O3/c1-3-5-12-13(15(23)25-4-2)14(22-16(24)21-12)10-6-8-11(9-7-10)17(18,19)20/h6-9,14H,3-5H2,1-2H3,(H2,21,22,24). The van der Waals surface area contributed by atoms with Gasteiger partial charge in [0.1, 0.15) is 0 Å². The van der Waals surface area contributed by atoms with Crippen LogP contribution >= 0.6 is 0 Å². The van der Waals surface area contributed by atoms with Gasteiger partial charge in [-0.15, -0.1) is 0 Å². The quantitative estimate of drug-likeness (QED) is 0.791. The molecule has 136 valence electrons. The molecule has 0 saturated carbocycles. The molecule has 1 heterocycles. The predicted octanol–water partition coefficient (Wildman–Crippen LogP) is 3.68. The van der Waals surface area contributed by atoms with Crippen LogP contribution in [0, 0.1) is 0 Å². The molecule has 1 aliphatic rings. The number of carbonyl (C=O) groups excluding carboxylic acids is 2. The normalized spacial score (nSPS) is 17.8. The fourth-order valence-corrected chi connectivity index (χ4v) is 2.63. The fourth-order valence-electron chi connectivity index (χ4n) is 2.63. The Morgan fingerprint density at radius 2 is 1.84 bits per heavy atom. The summed E-state index contributed by atoms with van der Waals surface area (Å²) in [6.45, 7) is 3.69. The molecule has 0 radical (unpaired) electrons. The van der Waals surface area contributed by atoms with Gasteiger partial charge in [-0.2, -0.15) is 13.2 Å². The first-order valence-corrected chi connectivity index (χ1v) is 7.92. The third-order valence-corrected chi connectivity index (χ3v) is 3.72. The summed E-state index contributed by atoms with van der Waals surface area (Å²) in [5.74, 6) is -0.608. The van der Waals surface area contributed by atoms with E-state index in [1.54, 1.807) is 6.92 Å². The molecule has 1 unspecified atom stereocenters. The number of hydrogen-bond donors (Lipinski definition) is 2. The van der Waals surface area contributed by atoms with Crippen molar-refractivity contribution in [2.24, 2.45) is 0 Å². The summed E-state index contributed by atoms with van der Waals surface area (Å²) in [5.41, 5.74) is 0.212. The van der Waals surface area contributed by atoms with Crippen LogP contribution < -0.4 is 10.6 Å². The van der Waals surface area contributed by atoms with Crippen LogP contribution in [0.3, 0.4) is 0 Å². The molecular weight excluding hydrogens is 337 g/mol. The molecule has 1 aromatic carbocycles. The first-order valence-electron chi connectivity index (χ1n) is 7.92. The van der Waals surface area contributed by atoms with Gasteiger partial charge in [0.15, 0.2) is 0 Å². The number of carbonyl (C=O) groups is 2. The van der Waals surface area contributed by atoms with Crippen molar-refractivity contribution in [2.45, 2.75) is 38.9 Å². The highest BCUT2D eigenvalue weighted by Gasteiger charge is 2.34. The summed E-state index contributed by atoms with van der Waals surface area (Å²) < 4.78 is 43.2. The average Bonchev–Trinajstić information content (AvgIpc) is 2.54. The zero-order valence-corrected chi connectivity index (χ0v) is 13.9. The van der Waals surface area contributed by atoms with Crippen LogP contribution in [-0.2, 0) is 15.7 Å². The Bertz CT molecular complexity index is 681. The molecule has 0 fully saturated rings. The van der Waals surface area contributed by atoms with E-state index in [9.17, 15) is 22.8 Å². The molecule has 5 nitrogen and oxygen atoms in total. The second kappa shape index (κ2) is 7.58. The van der Waals surface area contributed by atoms with Gasteiger partial charge >= 0.3 is 18.2 Å². The van der Waals surface area contributed by atoms with E-state index in [4.69, 9.17) is 4.74 Å². The lowest BCUT2D eigenvalue weighted by atomic mass is 9.93. The SMILES string of the molecule is CCCC1=C(C(=O)OCC)C(c2ccc(C(F)(F)F)cc2)NC(=O)N1. The molecule has 8 heteroatoms. The van der Waals surface area contributed by atoms with Crippen molar-refractivity contribution in [3.8, 4) is 0 Å². The second-order valence-electron chi connectivity index (χ2n) is 5.51. The maximum atomic E-state index is 12.7. The molecule has 1 aromatic rings. The molecule has 1 aliphatic heterocycles. The van der Waals surface area contributed by atoms with E-state index >= 15 is 0 Å². The Hall–Kier alpha value is -2.51. The molecule has 25 heavy (non-hydrogen) atoms. The van der Waals surface area contributed by atoms with Gasteiger partial charge in [-0.1, -0.05) is 25.5 Å². The van der Waals surface area contributed by atoms with E-state index < -0.39 is 29.8 Å². The van der Waals surface area contributed by atoms with Gasteiger partial charge < -0.3 is 15.4 Å². The van der Waals surface area contributed by atoms with Crippen LogP contribution in [0.4, 0.5) is 18.0 Å². The topological polar surface area (TPSA) is 67.4 Å². The van der Waals surface area contributed by atoms with Crippen LogP contribution in [0.15, 0.2) is 35.5 Å². The molecule has 0 spiro atoms. The molecule has 0 aromatic heterocycles. The Kier molecular flexibility index (Phi) is 5.71. The third kappa shape index (κ3) is 4.32. The van der Waals surface area contributed by atoms with Crippen molar-refractivity contribution in [2.75, 3.05) is 6.61 Å². The van der Waals surface area contributed by atoms with Crippen molar-refractivity contribution >= 4 is 12.0 Å². The molecule has 2 rings (SSSR count). The van der Waals surface area contributed by atoms with E-state index in [2.05, 4.69) is 10.6 Å². The third-order valence-electron chi connectivity index (χ3n) is 3.72. The fraction of sp³-hybridized carbons (Fsp3) is 0.412. The maximum Gasteiger partial charge on any atom is 0.416 e. The smallest absolute Gasteiger partial charge is 0.416 e. The minimum Gasteiger partial charge on any atom is -0.463 e. The number of allylic oxidation sites excluding steroid dienone is 1. The summed E-state index contributed by atoms with van der Waals surface area (Å²) in [7, 11) is 0. The van der Waals surface area contributed by atoms with Crippen molar-refractivity contribution in [3.05, 3.63) is 46.7 Å². The lowest BCUT2D eigenvalue weighted by molar-refractivity contribution is -0.139. The average molecular weight is 356 g/mol. The number of ether oxygens (including phenoxy) is 1. The van der Waals surface area contributed by atoms with E-state index in [1.165, 1.54) is 12.1 Å². The summed E-state index contributed by atoms with van der Waals surface area (Å²) >= 11 is 0. The van der Waals surface area contributed by atoms with E-state index in [1.807, 2.05) is 6.92 Å². The largest absolute Gasteiger partial charge is 0.463 e. The van der Waals surface area contributed by atoms with Crippen LogP contribution in [-0.4, -0.2) is 18.6 Å². The number of hydrogen-bond acceptors (Lipinski definition) is 3. The van der Waals surface area contributed by atoms with Crippen LogP contribution in [0.5, 0.6) is 0 Å². The molecule has 2 N–H and O–H groups in total.